The molecule has 4 heteroatoms. The molecule has 4 nitrogen and oxygen atoms in total. The molecule has 0 aliphatic rings. The van der Waals surface area contributed by atoms with E-state index >= 15 is 0 Å². The highest BCUT2D eigenvalue weighted by Gasteiger charge is 2.14. The summed E-state index contributed by atoms with van der Waals surface area (Å²) in [6.07, 6.45) is 0.0345. The van der Waals surface area contributed by atoms with Gasteiger partial charge in [0.2, 0.25) is 0 Å². The minimum atomic E-state index is -0.448. The Kier molecular flexibility index (Phi) is 4.43. The van der Waals surface area contributed by atoms with Gasteiger partial charge in [0.15, 0.2) is 0 Å². The number of hydrogen-bond acceptors (Lipinski definition) is 4. The van der Waals surface area contributed by atoms with Gasteiger partial charge in [-0.1, -0.05) is 0 Å². The van der Waals surface area contributed by atoms with Gasteiger partial charge in [-0.2, -0.15) is 0 Å². The smallest absolute Gasteiger partial charge is 0.129 e. The Hall–Kier alpha value is -1.42. The molecule has 0 radical (unpaired) electrons. The summed E-state index contributed by atoms with van der Waals surface area (Å²) in [7, 11) is 4.75. The highest BCUT2D eigenvalue weighted by molar-refractivity contribution is 5.51. The standard InChI is InChI=1S/C12H18O4/c1-8(13)5-10-11(15-3)6-9(14-2)7-12(10)16-4/h6-8,13H,5H2,1-4H3. The lowest BCUT2D eigenvalue weighted by Crippen LogP contribution is -2.07. The molecule has 0 aliphatic carbocycles. The van der Waals surface area contributed by atoms with E-state index in [1.165, 1.54) is 0 Å². The third kappa shape index (κ3) is 2.79. The van der Waals surface area contributed by atoms with Crippen LogP contribution in [-0.4, -0.2) is 32.5 Å². The van der Waals surface area contributed by atoms with Crippen LogP contribution in [0.15, 0.2) is 12.1 Å². The summed E-state index contributed by atoms with van der Waals surface area (Å²) in [6, 6.07) is 3.56. The number of ether oxygens (including phenoxy) is 3. The quantitative estimate of drug-likeness (QED) is 0.829. The number of benzene rings is 1. The van der Waals surface area contributed by atoms with E-state index in [1.54, 1.807) is 40.4 Å². The Labute approximate surface area is 95.8 Å². The Morgan fingerprint density at radius 2 is 1.56 bits per heavy atom. The molecule has 0 aliphatic heterocycles. The summed E-state index contributed by atoms with van der Waals surface area (Å²) in [4.78, 5) is 0. The van der Waals surface area contributed by atoms with Crippen LogP contribution >= 0.6 is 0 Å². The van der Waals surface area contributed by atoms with E-state index in [0.717, 1.165) is 5.56 Å². The monoisotopic (exact) mass is 226 g/mol. The number of rotatable bonds is 5. The van der Waals surface area contributed by atoms with Crippen molar-refractivity contribution in [3.63, 3.8) is 0 Å². The molecule has 1 aromatic carbocycles. The van der Waals surface area contributed by atoms with Crippen LogP contribution in [0.5, 0.6) is 17.2 Å². The molecule has 0 fully saturated rings. The number of hydrogen-bond donors (Lipinski definition) is 1. The molecule has 90 valence electrons. The van der Waals surface area contributed by atoms with Crippen molar-refractivity contribution in [1.29, 1.82) is 0 Å². The summed E-state index contributed by atoms with van der Waals surface area (Å²) in [5.74, 6) is 2.00. The first-order chi connectivity index (χ1) is 7.62. The van der Waals surface area contributed by atoms with Gasteiger partial charge in [0, 0.05) is 24.1 Å². The van der Waals surface area contributed by atoms with E-state index in [0.29, 0.717) is 23.7 Å². The third-order valence-electron chi connectivity index (χ3n) is 2.32. The lowest BCUT2D eigenvalue weighted by atomic mass is 10.1. The molecule has 1 rings (SSSR count). The van der Waals surface area contributed by atoms with Crippen LogP contribution < -0.4 is 14.2 Å². The first-order valence-corrected chi connectivity index (χ1v) is 5.09. The molecule has 0 heterocycles. The zero-order valence-corrected chi connectivity index (χ0v) is 10.1. The van der Waals surface area contributed by atoms with Crippen LogP contribution in [0.25, 0.3) is 0 Å². The van der Waals surface area contributed by atoms with E-state index in [4.69, 9.17) is 14.2 Å². The normalized spacial score (nSPS) is 12.1. The highest BCUT2D eigenvalue weighted by atomic mass is 16.5. The molecule has 1 aromatic rings. The van der Waals surface area contributed by atoms with Crippen LogP contribution in [0.2, 0.25) is 0 Å². The van der Waals surface area contributed by atoms with Crippen LogP contribution in [0.3, 0.4) is 0 Å². The zero-order chi connectivity index (χ0) is 12.1. The first kappa shape index (κ1) is 12.6. The van der Waals surface area contributed by atoms with Crippen molar-refractivity contribution in [3.8, 4) is 17.2 Å². The van der Waals surface area contributed by atoms with Gasteiger partial charge in [0.05, 0.1) is 27.4 Å². The maximum atomic E-state index is 9.43. The molecule has 0 aromatic heterocycles. The van der Waals surface area contributed by atoms with Crippen molar-refractivity contribution in [2.75, 3.05) is 21.3 Å². The highest BCUT2D eigenvalue weighted by Crippen LogP contribution is 2.34. The number of aliphatic hydroxyl groups is 1. The van der Waals surface area contributed by atoms with E-state index < -0.39 is 6.10 Å². The topological polar surface area (TPSA) is 47.9 Å². The second-order valence-electron chi connectivity index (χ2n) is 3.56. The maximum Gasteiger partial charge on any atom is 0.129 e. The molecular weight excluding hydrogens is 208 g/mol. The fraction of sp³-hybridized carbons (Fsp3) is 0.500. The minimum Gasteiger partial charge on any atom is -0.496 e. The largest absolute Gasteiger partial charge is 0.496 e. The van der Waals surface area contributed by atoms with E-state index in [-0.39, 0.29) is 0 Å². The van der Waals surface area contributed by atoms with E-state index in [2.05, 4.69) is 0 Å². The van der Waals surface area contributed by atoms with Gasteiger partial charge in [-0.05, 0) is 6.92 Å². The van der Waals surface area contributed by atoms with Crippen LogP contribution in [0.1, 0.15) is 12.5 Å². The Morgan fingerprint density at radius 1 is 1.06 bits per heavy atom. The molecule has 0 spiro atoms. The van der Waals surface area contributed by atoms with Crippen molar-refractivity contribution in [3.05, 3.63) is 17.7 Å². The van der Waals surface area contributed by atoms with Gasteiger partial charge < -0.3 is 19.3 Å². The third-order valence-corrected chi connectivity index (χ3v) is 2.32. The molecule has 1 N–H and O–H groups in total. The molecule has 0 bridgehead atoms. The average Bonchev–Trinajstić information content (AvgIpc) is 2.28. The molecule has 16 heavy (non-hydrogen) atoms. The minimum absolute atomic E-state index is 0.448. The number of aliphatic hydroxyl groups excluding tert-OH is 1. The van der Waals surface area contributed by atoms with Gasteiger partial charge in [0.25, 0.3) is 0 Å². The van der Waals surface area contributed by atoms with Crippen molar-refractivity contribution in [1.82, 2.24) is 0 Å². The van der Waals surface area contributed by atoms with Gasteiger partial charge in [-0.25, -0.2) is 0 Å². The summed E-state index contributed by atoms with van der Waals surface area (Å²) >= 11 is 0. The van der Waals surface area contributed by atoms with Gasteiger partial charge >= 0.3 is 0 Å². The lowest BCUT2D eigenvalue weighted by Gasteiger charge is -2.15. The van der Waals surface area contributed by atoms with E-state index in [9.17, 15) is 5.11 Å². The van der Waals surface area contributed by atoms with Crippen LogP contribution in [-0.2, 0) is 6.42 Å². The predicted octanol–water partition coefficient (Wildman–Crippen LogP) is 1.64. The SMILES string of the molecule is COc1cc(OC)c(CC(C)O)c(OC)c1. The van der Waals surface area contributed by atoms with Crippen molar-refractivity contribution in [2.45, 2.75) is 19.4 Å². The summed E-state index contributed by atoms with van der Waals surface area (Å²) in [5.41, 5.74) is 0.848. The summed E-state index contributed by atoms with van der Waals surface area (Å²) < 4.78 is 15.7. The average molecular weight is 226 g/mol. The molecule has 0 saturated heterocycles. The van der Waals surface area contributed by atoms with Crippen LogP contribution in [0.4, 0.5) is 0 Å². The maximum absolute atomic E-state index is 9.43. The fourth-order valence-corrected chi connectivity index (χ4v) is 1.57. The zero-order valence-electron chi connectivity index (χ0n) is 10.1. The second-order valence-corrected chi connectivity index (χ2v) is 3.56. The molecule has 0 amide bonds. The second kappa shape index (κ2) is 5.61. The Morgan fingerprint density at radius 3 is 1.88 bits per heavy atom. The van der Waals surface area contributed by atoms with Crippen molar-refractivity contribution >= 4 is 0 Å². The van der Waals surface area contributed by atoms with Gasteiger partial charge in [0.1, 0.15) is 17.2 Å². The van der Waals surface area contributed by atoms with Crippen LogP contribution in [0, 0.1) is 0 Å². The van der Waals surface area contributed by atoms with Gasteiger partial charge in [-0.3, -0.25) is 0 Å². The molecule has 0 saturated carbocycles. The summed E-state index contributed by atoms with van der Waals surface area (Å²) in [5, 5.41) is 9.43. The summed E-state index contributed by atoms with van der Waals surface area (Å²) in [6.45, 7) is 1.73. The fourth-order valence-electron chi connectivity index (χ4n) is 1.57. The van der Waals surface area contributed by atoms with E-state index in [1.807, 2.05) is 0 Å². The molecule has 1 atom stereocenters. The lowest BCUT2D eigenvalue weighted by molar-refractivity contribution is 0.192. The Bertz CT molecular complexity index is 322. The Balaban J connectivity index is 3.20. The van der Waals surface area contributed by atoms with Crippen molar-refractivity contribution in [2.24, 2.45) is 0 Å². The molecule has 1 unspecified atom stereocenters. The predicted molar refractivity (Wildman–Crippen MR) is 61.5 cm³/mol. The van der Waals surface area contributed by atoms with Gasteiger partial charge in [-0.15, -0.1) is 0 Å². The first-order valence-electron chi connectivity index (χ1n) is 5.09. The number of methoxy groups -OCH3 is 3. The van der Waals surface area contributed by atoms with Crippen molar-refractivity contribution < 1.29 is 19.3 Å². The molecular formula is C12H18O4.